The van der Waals surface area contributed by atoms with Crippen LogP contribution in [-0.4, -0.2) is 5.11 Å². The maximum atomic E-state index is 13.9. The number of halogens is 3. The van der Waals surface area contributed by atoms with Crippen molar-refractivity contribution in [3.8, 4) is 0 Å². The second kappa shape index (κ2) is 5.39. The third-order valence-electron chi connectivity index (χ3n) is 3.13. The summed E-state index contributed by atoms with van der Waals surface area (Å²) < 4.78 is 28.3. The topological polar surface area (TPSA) is 20.2 Å². The average molecular weight is 327 g/mol. The number of aliphatic hydroxyl groups is 1. The molecule has 2 rings (SSSR count). The van der Waals surface area contributed by atoms with Crippen LogP contribution >= 0.6 is 15.9 Å². The lowest BCUT2D eigenvalue weighted by Crippen LogP contribution is -2.06. The van der Waals surface area contributed by atoms with Gasteiger partial charge in [-0.05, 0) is 42.7 Å². The first-order valence-electron chi connectivity index (χ1n) is 5.80. The number of rotatable bonds is 2. The number of benzene rings is 2. The van der Waals surface area contributed by atoms with Crippen LogP contribution in [0.25, 0.3) is 0 Å². The van der Waals surface area contributed by atoms with Gasteiger partial charge in [0.15, 0.2) is 11.6 Å². The summed E-state index contributed by atoms with van der Waals surface area (Å²) in [6.45, 7) is 3.30. The molecule has 0 bridgehead atoms. The van der Waals surface area contributed by atoms with Crippen molar-refractivity contribution >= 4 is 15.9 Å². The quantitative estimate of drug-likeness (QED) is 0.865. The van der Waals surface area contributed by atoms with E-state index in [9.17, 15) is 13.9 Å². The molecule has 1 N–H and O–H groups in total. The van der Waals surface area contributed by atoms with E-state index in [-0.39, 0.29) is 11.1 Å². The van der Waals surface area contributed by atoms with Gasteiger partial charge in [0.05, 0.1) is 0 Å². The van der Waals surface area contributed by atoms with Crippen LogP contribution in [-0.2, 0) is 0 Å². The van der Waals surface area contributed by atoms with Gasteiger partial charge in [0, 0.05) is 10.0 Å². The van der Waals surface area contributed by atoms with E-state index >= 15 is 0 Å². The minimum Gasteiger partial charge on any atom is -0.384 e. The second-order valence-corrected chi connectivity index (χ2v) is 5.42. The second-order valence-electron chi connectivity index (χ2n) is 4.50. The van der Waals surface area contributed by atoms with Crippen LogP contribution in [0.4, 0.5) is 8.78 Å². The molecular formula is C15H13BrF2O. The monoisotopic (exact) mass is 326 g/mol. The number of hydrogen-bond acceptors (Lipinski definition) is 1. The molecule has 0 aromatic heterocycles. The van der Waals surface area contributed by atoms with Gasteiger partial charge in [-0.25, -0.2) is 8.78 Å². The van der Waals surface area contributed by atoms with E-state index in [1.54, 1.807) is 12.1 Å². The van der Waals surface area contributed by atoms with Crippen LogP contribution in [0.5, 0.6) is 0 Å². The summed E-state index contributed by atoms with van der Waals surface area (Å²) in [6.07, 6.45) is -1.18. The zero-order chi connectivity index (χ0) is 14.2. The Kier molecular flexibility index (Phi) is 4.02. The van der Waals surface area contributed by atoms with Crippen molar-refractivity contribution in [3.63, 3.8) is 0 Å². The summed E-state index contributed by atoms with van der Waals surface area (Å²) >= 11 is 3.32. The standard InChI is InChI=1S/C15H13BrF2O/c1-8-3-5-12(14(18)13(8)17)15(19)11-6-4-10(16)7-9(11)2/h3-7,15,19H,1-2H3. The predicted octanol–water partition coefficient (Wildman–Crippen LogP) is 4.43. The molecule has 1 unspecified atom stereocenters. The minimum absolute atomic E-state index is 0.0477. The summed E-state index contributed by atoms with van der Waals surface area (Å²) in [5, 5.41) is 10.2. The lowest BCUT2D eigenvalue weighted by molar-refractivity contribution is 0.212. The van der Waals surface area contributed by atoms with E-state index in [1.165, 1.54) is 19.1 Å². The first-order chi connectivity index (χ1) is 8.91. The molecule has 0 fully saturated rings. The van der Waals surface area contributed by atoms with Gasteiger partial charge < -0.3 is 5.11 Å². The van der Waals surface area contributed by atoms with Crippen molar-refractivity contribution in [1.29, 1.82) is 0 Å². The van der Waals surface area contributed by atoms with Gasteiger partial charge in [0.1, 0.15) is 6.10 Å². The third kappa shape index (κ3) is 2.69. The molecule has 0 aliphatic heterocycles. The Morgan fingerprint density at radius 1 is 0.947 bits per heavy atom. The highest BCUT2D eigenvalue weighted by molar-refractivity contribution is 9.10. The van der Waals surface area contributed by atoms with Crippen LogP contribution < -0.4 is 0 Å². The molecule has 0 radical (unpaired) electrons. The molecule has 0 saturated carbocycles. The highest BCUT2D eigenvalue weighted by Crippen LogP contribution is 2.30. The Hall–Kier alpha value is -1.26. The first-order valence-corrected chi connectivity index (χ1v) is 6.59. The number of aliphatic hydroxyl groups excluding tert-OH is 1. The van der Waals surface area contributed by atoms with Gasteiger partial charge >= 0.3 is 0 Å². The first kappa shape index (κ1) is 14.2. The van der Waals surface area contributed by atoms with Crippen molar-refractivity contribution in [1.82, 2.24) is 0 Å². The molecule has 1 atom stereocenters. The molecule has 0 saturated heterocycles. The van der Waals surface area contributed by atoms with Crippen LogP contribution in [0, 0.1) is 25.5 Å². The molecule has 0 aliphatic rings. The molecule has 0 heterocycles. The van der Waals surface area contributed by atoms with Crippen molar-refractivity contribution in [2.45, 2.75) is 20.0 Å². The zero-order valence-corrected chi connectivity index (χ0v) is 12.1. The maximum Gasteiger partial charge on any atom is 0.165 e. The summed E-state index contributed by atoms with van der Waals surface area (Å²) in [6, 6.07) is 8.15. The van der Waals surface area contributed by atoms with Gasteiger partial charge in [-0.3, -0.25) is 0 Å². The lowest BCUT2D eigenvalue weighted by atomic mass is 9.96. The molecule has 2 aromatic carbocycles. The summed E-state index contributed by atoms with van der Waals surface area (Å²) in [7, 11) is 0. The lowest BCUT2D eigenvalue weighted by Gasteiger charge is -2.16. The molecule has 0 spiro atoms. The van der Waals surface area contributed by atoms with Crippen molar-refractivity contribution in [2.75, 3.05) is 0 Å². The maximum absolute atomic E-state index is 13.9. The fourth-order valence-corrected chi connectivity index (χ4v) is 2.46. The Bertz CT molecular complexity index is 626. The minimum atomic E-state index is -1.18. The highest BCUT2D eigenvalue weighted by atomic mass is 79.9. The van der Waals surface area contributed by atoms with Crippen molar-refractivity contribution in [2.24, 2.45) is 0 Å². The fraction of sp³-hybridized carbons (Fsp3) is 0.200. The SMILES string of the molecule is Cc1cc(Br)ccc1C(O)c1ccc(C)c(F)c1F. The van der Waals surface area contributed by atoms with Gasteiger partial charge in [-0.2, -0.15) is 0 Å². The zero-order valence-electron chi connectivity index (χ0n) is 10.5. The highest BCUT2D eigenvalue weighted by Gasteiger charge is 2.20. The van der Waals surface area contributed by atoms with E-state index in [4.69, 9.17) is 0 Å². The summed E-state index contributed by atoms with van der Waals surface area (Å²) in [4.78, 5) is 0. The van der Waals surface area contributed by atoms with Gasteiger partial charge in [0.2, 0.25) is 0 Å². The van der Waals surface area contributed by atoms with Crippen LogP contribution in [0.15, 0.2) is 34.8 Å². The molecule has 19 heavy (non-hydrogen) atoms. The Morgan fingerprint density at radius 3 is 2.21 bits per heavy atom. The van der Waals surface area contributed by atoms with Crippen molar-refractivity contribution < 1.29 is 13.9 Å². The van der Waals surface area contributed by atoms with Crippen LogP contribution in [0.1, 0.15) is 28.4 Å². The Balaban J connectivity index is 2.50. The average Bonchev–Trinajstić information content (AvgIpc) is 2.35. The largest absolute Gasteiger partial charge is 0.384 e. The number of aryl methyl sites for hydroxylation is 2. The normalized spacial score (nSPS) is 12.5. The van der Waals surface area contributed by atoms with Gasteiger partial charge in [-0.15, -0.1) is 0 Å². The van der Waals surface area contributed by atoms with Crippen LogP contribution in [0.3, 0.4) is 0 Å². The van der Waals surface area contributed by atoms with E-state index in [0.29, 0.717) is 5.56 Å². The summed E-state index contributed by atoms with van der Waals surface area (Å²) in [5.74, 6) is -1.90. The predicted molar refractivity (Wildman–Crippen MR) is 74.0 cm³/mol. The summed E-state index contributed by atoms with van der Waals surface area (Å²) in [5.41, 5.74) is 1.54. The Morgan fingerprint density at radius 2 is 1.58 bits per heavy atom. The van der Waals surface area contributed by atoms with E-state index in [2.05, 4.69) is 15.9 Å². The molecular weight excluding hydrogens is 314 g/mol. The van der Waals surface area contributed by atoms with Crippen molar-refractivity contribution in [3.05, 3.63) is 68.7 Å². The third-order valence-corrected chi connectivity index (χ3v) is 3.62. The smallest absolute Gasteiger partial charge is 0.165 e. The molecule has 0 amide bonds. The number of hydrogen-bond donors (Lipinski definition) is 1. The molecule has 2 aromatic rings. The van der Waals surface area contributed by atoms with Gasteiger partial charge in [-0.1, -0.05) is 34.1 Å². The van der Waals surface area contributed by atoms with Crippen LogP contribution in [0.2, 0.25) is 0 Å². The Labute approximate surface area is 119 Å². The molecule has 0 aliphatic carbocycles. The van der Waals surface area contributed by atoms with E-state index < -0.39 is 17.7 Å². The molecule has 100 valence electrons. The van der Waals surface area contributed by atoms with E-state index in [1.807, 2.05) is 13.0 Å². The molecule has 1 nitrogen and oxygen atoms in total. The van der Waals surface area contributed by atoms with E-state index in [0.717, 1.165) is 10.0 Å². The fourth-order valence-electron chi connectivity index (χ4n) is 1.99. The molecule has 4 heteroatoms. The van der Waals surface area contributed by atoms with Gasteiger partial charge in [0.25, 0.3) is 0 Å².